The number of imide groups is 1. The molecule has 0 aliphatic carbocycles. The average molecular weight is 370 g/mol. The van der Waals surface area contributed by atoms with Gasteiger partial charge < -0.3 is 9.64 Å². The van der Waals surface area contributed by atoms with Crippen molar-refractivity contribution < 1.29 is 23.9 Å². The summed E-state index contributed by atoms with van der Waals surface area (Å²) in [4.78, 5) is 49.6. The second-order valence-electron chi connectivity index (χ2n) is 7.64. The molecule has 3 amide bonds. The number of esters is 1. The molecule has 1 aromatic carbocycles. The summed E-state index contributed by atoms with van der Waals surface area (Å²) < 4.78 is 5.25. The Labute approximate surface area is 157 Å². The number of rotatable bonds is 3. The number of ether oxygens (including phenoxy) is 1. The fourth-order valence-electron chi connectivity index (χ4n) is 3.26. The van der Waals surface area contributed by atoms with Gasteiger partial charge in [-0.05, 0) is 50.5 Å². The molecule has 3 rings (SSSR count). The minimum absolute atomic E-state index is 0.210. The molecule has 1 atom stereocenters. The van der Waals surface area contributed by atoms with Gasteiger partial charge in [-0.3, -0.25) is 19.7 Å². The first-order valence-electron chi connectivity index (χ1n) is 8.83. The molecule has 0 bridgehead atoms. The molecule has 142 valence electrons. The number of nitrogens with zero attached hydrogens (tertiary/aromatic N) is 1. The third-order valence-electron chi connectivity index (χ3n) is 4.42. The summed E-state index contributed by atoms with van der Waals surface area (Å²) in [5, 5.41) is 2.28. The van der Waals surface area contributed by atoms with E-state index >= 15 is 0 Å². The van der Waals surface area contributed by atoms with Crippen LogP contribution in [0.2, 0.25) is 0 Å². The van der Waals surface area contributed by atoms with Gasteiger partial charge in [0.2, 0.25) is 11.8 Å². The number of benzene rings is 1. The first kappa shape index (κ1) is 18.8. The first-order chi connectivity index (χ1) is 12.7. The zero-order chi connectivity index (χ0) is 19.8. The van der Waals surface area contributed by atoms with Gasteiger partial charge in [0.05, 0.1) is 0 Å². The fourth-order valence-corrected chi connectivity index (χ4v) is 3.26. The number of amides is 3. The van der Waals surface area contributed by atoms with E-state index in [0.29, 0.717) is 12.0 Å². The lowest BCUT2D eigenvalue weighted by Crippen LogP contribution is -2.52. The number of hydrogen-bond donors (Lipinski definition) is 1. The van der Waals surface area contributed by atoms with Crippen LogP contribution in [0.1, 0.15) is 55.1 Å². The van der Waals surface area contributed by atoms with Crippen LogP contribution < -0.4 is 5.32 Å². The molecule has 7 nitrogen and oxygen atoms in total. The Morgan fingerprint density at radius 2 is 2.00 bits per heavy atom. The summed E-state index contributed by atoms with van der Waals surface area (Å²) >= 11 is 0. The van der Waals surface area contributed by atoms with Crippen molar-refractivity contribution >= 4 is 29.8 Å². The highest BCUT2D eigenvalue weighted by atomic mass is 16.6. The first-order valence-corrected chi connectivity index (χ1v) is 8.83. The van der Waals surface area contributed by atoms with Gasteiger partial charge in [0, 0.05) is 24.6 Å². The zero-order valence-electron chi connectivity index (χ0n) is 15.6. The molecule has 0 aromatic heterocycles. The smallest absolute Gasteiger partial charge is 0.331 e. The van der Waals surface area contributed by atoms with E-state index in [9.17, 15) is 19.2 Å². The molecular weight excluding hydrogens is 348 g/mol. The minimum Gasteiger partial charge on any atom is -0.457 e. The molecule has 1 fully saturated rings. The fraction of sp³-hybridized carbons (Fsp3) is 0.400. The van der Waals surface area contributed by atoms with E-state index in [1.807, 2.05) is 0 Å². The molecule has 27 heavy (non-hydrogen) atoms. The zero-order valence-corrected chi connectivity index (χ0v) is 15.6. The van der Waals surface area contributed by atoms with Gasteiger partial charge in [0.25, 0.3) is 5.91 Å². The van der Waals surface area contributed by atoms with Crippen LogP contribution >= 0.6 is 0 Å². The Bertz CT molecular complexity index is 850. The van der Waals surface area contributed by atoms with E-state index in [0.717, 1.165) is 11.1 Å². The van der Waals surface area contributed by atoms with Crippen molar-refractivity contribution in [2.45, 2.75) is 51.8 Å². The predicted octanol–water partition coefficient (Wildman–Crippen LogP) is 1.80. The van der Waals surface area contributed by atoms with Gasteiger partial charge in [-0.15, -0.1) is 0 Å². The largest absolute Gasteiger partial charge is 0.457 e. The highest BCUT2D eigenvalue weighted by molar-refractivity contribution is 6.06. The van der Waals surface area contributed by atoms with Crippen molar-refractivity contribution in [1.29, 1.82) is 0 Å². The summed E-state index contributed by atoms with van der Waals surface area (Å²) in [6, 6.07) is 4.58. The molecule has 0 radical (unpaired) electrons. The van der Waals surface area contributed by atoms with Gasteiger partial charge in [0.1, 0.15) is 11.6 Å². The highest BCUT2D eigenvalue weighted by Crippen LogP contribution is 2.30. The lowest BCUT2D eigenvalue weighted by atomic mass is 10.0. The number of fused-ring (bicyclic) bond motifs is 1. The second-order valence-corrected chi connectivity index (χ2v) is 7.64. The molecule has 1 unspecified atom stereocenters. The number of piperidine rings is 1. The lowest BCUT2D eigenvalue weighted by Gasteiger charge is -2.29. The van der Waals surface area contributed by atoms with Crippen molar-refractivity contribution in [2.75, 3.05) is 0 Å². The maximum atomic E-state index is 12.7. The Kier molecular flexibility index (Phi) is 4.87. The van der Waals surface area contributed by atoms with Crippen LogP contribution in [-0.4, -0.2) is 40.2 Å². The highest BCUT2D eigenvalue weighted by Gasteiger charge is 2.39. The molecule has 2 aliphatic heterocycles. The molecular formula is C20H22N2O5. The van der Waals surface area contributed by atoms with Crippen LogP contribution in [0.3, 0.4) is 0 Å². The van der Waals surface area contributed by atoms with E-state index in [1.54, 1.807) is 45.0 Å². The van der Waals surface area contributed by atoms with Crippen molar-refractivity contribution in [3.8, 4) is 0 Å². The third kappa shape index (κ3) is 4.07. The molecule has 1 aromatic rings. The summed E-state index contributed by atoms with van der Waals surface area (Å²) in [6.45, 7) is 5.62. The maximum absolute atomic E-state index is 12.7. The number of carbonyl (C=O) groups excluding carboxylic acids is 4. The summed E-state index contributed by atoms with van der Waals surface area (Å²) in [6.07, 6.45) is 3.48. The summed E-state index contributed by atoms with van der Waals surface area (Å²) in [5.74, 6) is -1.47. The van der Waals surface area contributed by atoms with Gasteiger partial charge in [-0.2, -0.15) is 0 Å². The van der Waals surface area contributed by atoms with Crippen LogP contribution in [0.5, 0.6) is 0 Å². The van der Waals surface area contributed by atoms with E-state index < -0.39 is 23.5 Å². The SMILES string of the molecule is CC(C)(C)OC(=O)C=Cc1cccc2c1CN(C1CCC(=O)NC1=O)C2=O. The molecule has 1 N–H and O–H groups in total. The van der Waals surface area contributed by atoms with Crippen LogP contribution in [0.25, 0.3) is 6.08 Å². The monoisotopic (exact) mass is 370 g/mol. The molecule has 7 heteroatoms. The Hall–Kier alpha value is -2.96. The minimum atomic E-state index is -0.662. The normalized spacial score (nSPS) is 20.0. The van der Waals surface area contributed by atoms with E-state index in [-0.39, 0.29) is 24.8 Å². The second kappa shape index (κ2) is 6.98. The third-order valence-corrected chi connectivity index (χ3v) is 4.42. The topological polar surface area (TPSA) is 92.8 Å². The van der Waals surface area contributed by atoms with Crippen LogP contribution in [0, 0.1) is 0 Å². The van der Waals surface area contributed by atoms with E-state index in [1.165, 1.54) is 11.0 Å². The van der Waals surface area contributed by atoms with Crippen molar-refractivity contribution in [3.63, 3.8) is 0 Å². The number of nitrogens with one attached hydrogen (secondary N) is 1. The average Bonchev–Trinajstić information content (AvgIpc) is 2.89. The molecule has 1 saturated heterocycles. The summed E-state index contributed by atoms with van der Waals surface area (Å²) in [5.41, 5.74) is 1.40. The molecule has 0 saturated carbocycles. The van der Waals surface area contributed by atoms with Crippen LogP contribution in [-0.2, 0) is 25.7 Å². The molecule has 2 aliphatic rings. The number of hydrogen-bond acceptors (Lipinski definition) is 5. The van der Waals surface area contributed by atoms with E-state index in [2.05, 4.69) is 5.32 Å². The Morgan fingerprint density at radius 3 is 2.67 bits per heavy atom. The summed E-state index contributed by atoms with van der Waals surface area (Å²) in [7, 11) is 0. The van der Waals surface area contributed by atoms with Gasteiger partial charge in [-0.25, -0.2) is 4.79 Å². The van der Waals surface area contributed by atoms with Crippen molar-refractivity contribution in [1.82, 2.24) is 10.2 Å². The van der Waals surface area contributed by atoms with E-state index in [4.69, 9.17) is 4.74 Å². The standard InChI is InChI=1S/C20H22N2O5/c1-20(2,3)27-17(24)10-7-12-5-4-6-13-14(12)11-22(19(13)26)15-8-9-16(23)21-18(15)25/h4-7,10,15H,8-9,11H2,1-3H3,(H,21,23,25). The predicted molar refractivity (Wildman–Crippen MR) is 97.4 cm³/mol. The van der Waals surface area contributed by atoms with Gasteiger partial charge >= 0.3 is 5.97 Å². The number of carbonyl (C=O) groups is 4. The van der Waals surface area contributed by atoms with Crippen LogP contribution in [0.15, 0.2) is 24.3 Å². The van der Waals surface area contributed by atoms with Gasteiger partial charge in [0.15, 0.2) is 0 Å². The van der Waals surface area contributed by atoms with Crippen molar-refractivity contribution in [3.05, 3.63) is 41.0 Å². The Balaban J connectivity index is 1.81. The van der Waals surface area contributed by atoms with Crippen molar-refractivity contribution in [2.24, 2.45) is 0 Å². The quantitative estimate of drug-likeness (QED) is 0.498. The lowest BCUT2D eigenvalue weighted by molar-refractivity contribution is -0.148. The Morgan fingerprint density at radius 1 is 1.26 bits per heavy atom. The molecule has 2 heterocycles. The van der Waals surface area contributed by atoms with Crippen LogP contribution in [0.4, 0.5) is 0 Å². The maximum Gasteiger partial charge on any atom is 0.331 e. The molecule has 0 spiro atoms. The van der Waals surface area contributed by atoms with Gasteiger partial charge in [-0.1, -0.05) is 12.1 Å².